The Morgan fingerprint density at radius 2 is 2.24 bits per heavy atom. The second-order valence-electron chi connectivity index (χ2n) is 3.85. The van der Waals surface area contributed by atoms with Gasteiger partial charge in [0.15, 0.2) is 0 Å². The van der Waals surface area contributed by atoms with Crippen molar-refractivity contribution in [1.82, 2.24) is 4.90 Å². The van der Waals surface area contributed by atoms with Crippen LogP contribution in [0.15, 0.2) is 22.7 Å². The van der Waals surface area contributed by atoms with Crippen LogP contribution in [0.2, 0.25) is 0 Å². The fourth-order valence-electron chi connectivity index (χ4n) is 1.39. The maximum Gasteiger partial charge on any atom is 0.253 e. The topological polar surface area (TPSA) is 20.3 Å². The molecule has 0 N–H and O–H groups in total. The minimum absolute atomic E-state index is 0.0905. The number of carbonyl (C=O) groups is 1. The van der Waals surface area contributed by atoms with Crippen LogP contribution in [0.1, 0.15) is 17.3 Å². The fraction of sp³-hybridized carbons (Fsp3) is 0.417. The minimum Gasteiger partial charge on any atom is -0.338 e. The lowest BCUT2D eigenvalue weighted by Crippen LogP contribution is -2.36. The summed E-state index contributed by atoms with van der Waals surface area (Å²) in [6.07, 6.45) is 2.00. The second kappa shape index (κ2) is 6.40. The SMILES string of the molecule is CSCC(C)N(C)C(=O)c1ccc(F)c(Br)c1. The van der Waals surface area contributed by atoms with Gasteiger partial charge in [0.1, 0.15) is 5.82 Å². The highest BCUT2D eigenvalue weighted by molar-refractivity contribution is 9.10. The van der Waals surface area contributed by atoms with Crippen molar-refractivity contribution in [3.05, 3.63) is 34.1 Å². The molecule has 0 spiro atoms. The predicted molar refractivity (Wildman–Crippen MR) is 74.0 cm³/mol. The van der Waals surface area contributed by atoms with Crippen molar-refractivity contribution in [3.63, 3.8) is 0 Å². The molecular weight excluding hydrogens is 305 g/mol. The number of benzene rings is 1. The van der Waals surface area contributed by atoms with E-state index >= 15 is 0 Å². The number of carbonyl (C=O) groups excluding carboxylic acids is 1. The molecule has 0 radical (unpaired) electrons. The molecule has 0 aliphatic rings. The van der Waals surface area contributed by atoms with E-state index in [0.717, 1.165) is 5.75 Å². The molecule has 94 valence electrons. The number of hydrogen-bond acceptors (Lipinski definition) is 2. The molecule has 0 aliphatic carbocycles. The molecule has 1 unspecified atom stereocenters. The summed E-state index contributed by atoms with van der Waals surface area (Å²) in [6.45, 7) is 1.99. The van der Waals surface area contributed by atoms with E-state index in [-0.39, 0.29) is 17.8 Å². The molecular formula is C12H15BrFNOS. The zero-order valence-electron chi connectivity index (χ0n) is 10.0. The van der Waals surface area contributed by atoms with Crippen LogP contribution in [0.3, 0.4) is 0 Å². The highest BCUT2D eigenvalue weighted by Gasteiger charge is 2.17. The van der Waals surface area contributed by atoms with Crippen LogP contribution in [-0.2, 0) is 0 Å². The molecule has 1 rings (SSSR count). The third kappa shape index (κ3) is 3.71. The minimum atomic E-state index is -0.360. The van der Waals surface area contributed by atoms with Gasteiger partial charge in [-0.2, -0.15) is 11.8 Å². The van der Waals surface area contributed by atoms with Crippen molar-refractivity contribution >= 4 is 33.6 Å². The summed E-state index contributed by atoms with van der Waals surface area (Å²) >= 11 is 4.77. The van der Waals surface area contributed by atoms with Gasteiger partial charge in [0.2, 0.25) is 0 Å². The number of halogens is 2. The Balaban J connectivity index is 2.85. The van der Waals surface area contributed by atoms with Gasteiger partial charge in [0, 0.05) is 24.4 Å². The van der Waals surface area contributed by atoms with Crippen molar-refractivity contribution < 1.29 is 9.18 Å². The molecule has 5 heteroatoms. The van der Waals surface area contributed by atoms with Crippen molar-refractivity contribution in [2.45, 2.75) is 13.0 Å². The van der Waals surface area contributed by atoms with Crippen molar-refractivity contribution in [2.24, 2.45) is 0 Å². The number of nitrogens with zero attached hydrogens (tertiary/aromatic N) is 1. The van der Waals surface area contributed by atoms with Crippen LogP contribution in [0, 0.1) is 5.82 Å². The van der Waals surface area contributed by atoms with E-state index in [1.54, 1.807) is 23.7 Å². The maximum atomic E-state index is 13.1. The lowest BCUT2D eigenvalue weighted by atomic mass is 10.2. The smallest absolute Gasteiger partial charge is 0.253 e. The quantitative estimate of drug-likeness (QED) is 0.847. The summed E-state index contributed by atoms with van der Waals surface area (Å²) < 4.78 is 13.4. The van der Waals surface area contributed by atoms with E-state index in [4.69, 9.17) is 0 Å². The monoisotopic (exact) mass is 319 g/mol. The summed E-state index contributed by atoms with van der Waals surface area (Å²) in [5.74, 6) is 0.429. The Morgan fingerprint density at radius 1 is 1.59 bits per heavy atom. The molecule has 0 heterocycles. The lowest BCUT2D eigenvalue weighted by Gasteiger charge is -2.24. The molecule has 2 nitrogen and oxygen atoms in total. The first-order chi connectivity index (χ1) is 7.97. The molecule has 0 aromatic heterocycles. The van der Waals surface area contributed by atoms with Crippen molar-refractivity contribution in [1.29, 1.82) is 0 Å². The first-order valence-electron chi connectivity index (χ1n) is 5.18. The molecule has 1 atom stereocenters. The zero-order chi connectivity index (χ0) is 13.0. The zero-order valence-corrected chi connectivity index (χ0v) is 12.4. The summed E-state index contributed by atoms with van der Waals surface area (Å²) in [5.41, 5.74) is 0.494. The molecule has 1 amide bonds. The van der Waals surface area contributed by atoms with Crippen molar-refractivity contribution in [3.8, 4) is 0 Å². The van der Waals surface area contributed by atoms with Gasteiger partial charge in [-0.05, 0) is 47.3 Å². The van der Waals surface area contributed by atoms with Gasteiger partial charge in [-0.25, -0.2) is 4.39 Å². The number of hydrogen-bond donors (Lipinski definition) is 0. The van der Waals surface area contributed by atoms with Gasteiger partial charge >= 0.3 is 0 Å². The fourth-order valence-corrected chi connectivity index (χ4v) is 2.47. The van der Waals surface area contributed by atoms with E-state index in [9.17, 15) is 9.18 Å². The first kappa shape index (κ1) is 14.5. The van der Waals surface area contributed by atoms with Gasteiger partial charge in [0.05, 0.1) is 4.47 Å². The van der Waals surface area contributed by atoms with E-state index in [1.165, 1.54) is 18.2 Å². The summed E-state index contributed by atoms with van der Waals surface area (Å²) in [6, 6.07) is 4.47. The van der Waals surface area contributed by atoms with Crippen molar-refractivity contribution in [2.75, 3.05) is 19.1 Å². The highest BCUT2D eigenvalue weighted by atomic mass is 79.9. The molecule has 0 aliphatic heterocycles. The van der Waals surface area contributed by atoms with Gasteiger partial charge in [0.25, 0.3) is 5.91 Å². The number of amides is 1. The average Bonchev–Trinajstić information content (AvgIpc) is 2.31. The largest absolute Gasteiger partial charge is 0.338 e. The second-order valence-corrected chi connectivity index (χ2v) is 5.61. The van der Waals surface area contributed by atoms with Crippen LogP contribution in [0.25, 0.3) is 0 Å². The molecule has 0 saturated carbocycles. The molecule has 1 aromatic carbocycles. The van der Waals surface area contributed by atoms with Gasteiger partial charge < -0.3 is 4.90 Å². The van der Waals surface area contributed by atoms with Gasteiger partial charge in [-0.15, -0.1) is 0 Å². The molecule has 0 saturated heterocycles. The molecule has 0 bridgehead atoms. The van der Waals surface area contributed by atoms with Crippen LogP contribution in [-0.4, -0.2) is 35.9 Å². The Labute approximate surface area is 114 Å². The Kier molecular flexibility index (Phi) is 5.46. The third-order valence-electron chi connectivity index (χ3n) is 2.56. The third-order valence-corrected chi connectivity index (χ3v) is 3.98. The molecule has 1 aromatic rings. The van der Waals surface area contributed by atoms with Crippen LogP contribution in [0.5, 0.6) is 0 Å². The average molecular weight is 320 g/mol. The summed E-state index contributed by atoms with van der Waals surface area (Å²) in [5, 5.41) is 0. The normalized spacial score (nSPS) is 12.3. The molecule has 0 fully saturated rings. The summed E-state index contributed by atoms with van der Waals surface area (Å²) in [4.78, 5) is 13.8. The van der Waals surface area contributed by atoms with E-state index in [0.29, 0.717) is 10.0 Å². The first-order valence-corrected chi connectivity index (χ1v) is 7.37. The van der Waals surface area contributed by atoms with Crippen LogP contribution < -0.4 is 0 Å². The molecule has 17 heavy (non-hydrogen) atoms. The Bertz CT molecular complexity index is 413. The van der Waals surface area contributed by atoms with E-state index in [2.05, 4.69) is 15.9 Å². The van der Waals surface area contributed by atoms with E-state index in [1.807, 2.05) is 13.2 Å². The number of rotatable bonds is 4. The van der Waals surface area contributed by atoms with Crippen LogP contribution >= 0.6 is 27.7 Å². The lowest BCUT2D eigenvalue weighted by molar-refractivity contribution is 0.0757. The van der Waals surface area contributed by atoms with Crippen LogP contribution in [0.4, 0.5) is 4.39 Å². The van der Waals surface area contributed by atoms with E-state index < -0.39 is 0 Å². The predicted octanol–water partition coefficient (Wildman–Crippen LogP) is 3.41. The Morgan fingerprint density at radius 3 is 2.76 bits per heavy atom. The highest BCUT2D eigenvalue weighted by Crippen LogP contribution is 2.18. The Hall–Kier alpha value is -0.550. The number of thioether (sulfide) groups is 1. The standard InChI is InChI=1S/C12H15BrFNOS/c1-8(7-17-3)15(2)12(16)9-4-5-11(14)10(13)6-9/h4-6,8H,7H2,1-3H3. The summed E-state index contributed by atoms with van der Waals surface area (Å²) in [7, 11) is 1.76. The maximum absolute atomic E-state index is 13.1. The van der Waals surface area contributed by atoms with Gasteiger partial charge in [-0.1, -0.05) is 0 Å². The van der Waals surface area contributed by atoms with Gasteiger partial charge in [-0.3, -0.25) is 4.79 Å².